The van der Waals surface area contributed by atoms with E-state index in [9.17, 15) is 9.59 Å². The van der Waals surface area contributed by atoms with Crippen molar-refractivity contribution in [1.29, 1.82) is 0 Å². The van der Waals surface area contributed by atoms with Gasteiger partial charge in [-0.2, -0.15) is 0 Å². The fraction of sp³-hybridized carbons (Fsp3) is 0.286. The zero-order valence-corrected chi connectivity index (χ0v) is 16.5. The summed E-state index contributed by atoms with van der Waals surface area (Å²) >= 11 is 1.54. The Labute approximate surface area is 167 Å². The quantitative estimate of drug-likeness (QED) is 0.730. The third-order valence-electron chi connectivity index (χ3n) is 5.14. The van der Waals surface area contributed by atoms with E-state index in [1.165, 1.54) is 0 Å². The molecule has 144 valence electrons. The second-order valence-electron chi connectivity index (χ2n) is 7.04. The molecule has 0 saturated heterocycles. The van der Waals surface area contributed by atoms with Crippen LogP contribution in [0.1, 0.15) is 36.3 Å². The maximum Gasteiger partial charge on any atom is 0.236 e. The lowest BCUT2D eigenvalue weighted by Crippen LogP contribution is -2.46. The minimum absolute atomic E-state index is 0.0722. The lowest BCUT2D eigenvalue weighted by atomic mass is 9.85. The number of anilines is 1. The minimum Gasteiger partial charge on any atom is -0.440 e. The number of thiophene rings is 1. The number of nitrogens with zero attached hydrogens (tertiary/aromatic N) is 2. The van der Waals surface area contributed by atoms with E-state index in [4.69, 9.17) is 10.2 Å². The highest BCUT2D eigenvalue weighted by molar-refractivity contribution is 7.13. The Hall–Kier alpha value is -2.93. The second-order valence-corrected chi connectivity index (χ2v) is 7.99. The predicted octanol–water partition coefficient (Wildman–Crippen LogP) is 3.65. The molecule has 1 aliphatic rings. The van der Waals surface area contributed by atoms with Crippen LogP contribution in [0.4, 0.5) is 5.69 Å². The SMILES string of the molecule is Cc1oc(-c2cccs2)nc1CC(=O)N1c2ccccc2[C@H](C(N)=O)C[C@@H]1C. The van der Waals surface area contributed by atoms with Gasteiger partial charge in [0.1, 0.15) is 5.76 Å². The van der Waals surface area contributed by atoms with Crippen LogP contribution in [-0.2, 0) is 16.0 Å². The molecular formula is C21H21N3O3S. The van der Waals surface area contributed by atoms with Crippen molar-refractivity contribution in [2.45, 2.75) is 38.6 Å². The summed E-state index contributed by atoms with van der Waals surface area (Å²) in [7, 11) is 0. The largest absolute Gasteiger partial charge is 0.440 e. The Bertz CT molecular complexity index is 1030. The fourth-order valence-corrected chi connectivity index (χ4v) is 4.44. The molecule has 6 nitrogen and oxygen atoms in total. The van der Waals surface area contributed by atoms with Crippen molar-refractivity contribution in [3.05, 3.63) is 58.8 Å². The number of hydrogen-bond donors (Lipinski definition) is 1. The summed E-state index contributed by atoms with van der Waals surface area (Å²) in [6, 6.07) is 11.2. The molecule has 7 heteroatoms. The van der Waals surface area contributed by atoms with Crippen molar-refractivity contribution in [2.24, 2.45) is 5.73 Å². The number of para-hydroxylation sites is 1. The van der Waals surface area contributed by atoms with Crippen LogP contribution >= 0.6 is 11.3 Å². The van der Waals surface area contributed by atoms with Gasteiger partial charge < -0.3 is 15.1 Å². The number of aromatic nitrogens is 1. The average Bonchev–Trinajstić information content (AvgIpc) is 3.31. The molecule has 2 amide bonds. The monoisotopic (exact) mass is 395 g/mol. The summed E-state index contributed by atoms with van der Waals surface area (Å²) in [6.45, 7) is 3.76. The van der Waals surface area contributed by atoms with Gasteiger partial charge in [-0.25, -0.2) is 4.98 Å². The van der Waals surface area contributed by atoms with E-state index >= 15 is 0 Å². The standard InChI is InChI=1S/C21H21N3O3S/c1-12-10-15(20(22)26)14-6-3-4-7-17(14)24(12)19(25)11-16-13(2)27-21(23-16)18-8-5-9-28-18/h3-9,12,15H,10-11H2,1-2H3,(H2,22,26)/t12-,15+/m0/s1. The zero-order chi connectivity index (χ0) is 19.8. The summed E-state index contributed by atoms with van der Waals surface area (Å²) in [6.07, 6.45) is 0.650. The summed E-state index contributed by atoms with van der Waals surface area (Å²) in [5.41, 5.74) is 7.78. The molecule has 2 aromatic heterocycles. The van der Waals surface area contributed by atoms with Gasteiger partial charge in [0.15, 0.2) is 0 Å². The zero-order valence-electron chi connectivity index (χ0n) is 15.7. The third kappa shape index (κ3) is 3.22. The van der Waals surface area contributed by atoms with Crippen molar-refractivity contribution >= 4 is 28.8 Å². The number of hydrogen-bond acceptors (Lipinski definition) is 5. The third-order valence-corrected chi connectivity index (χ3v) is 6.00. The van der Waals surface area contributed by atoms with Crippen molar-refractivity contribution in [3.63, 3.8) is 0 Å². The fourth-order valence-electron chi connectivity index (χ4n) is 3.79. The van der Waals surface area contributed by atoms with Crippen molar-refractivity contribution < 1.29 is 14.0 Å². The van der Waals surface area contributed by atoms with E-state index in [0.29, 0.717) is 23.8 Å². The van der Waals surface area contributed by atoms with Crippen LogP contribution in [0, 0.1) is 6.92 Å². The maximum absolute atomic E-state index is 13.2. The lowest BCUT2D eigenvalue weighted by molar-refractivity contribution is -0.121. The van der Waals surface area contributed by atoms with Crippen LogP contribution in [0.15, 0.2) is 46.2 Å². The normalized spacial score (nSPS) is 18.7. The van der Waals surface area contributed by atoms with Crippen molar-refractivity contribution in [3.8, 4) is 10.8 Å². The molecule has 0 bridgehead atoms. The van der Waals surface area contributed by atoms with E-state index in [2.05, 4.69) is 4.98 Å². The van der Waals surface area contributed by atoms with Gasteiger partial charge >= 0.3 is 0 Å². The smallest absolute Gasteiger partial charge is 0.236 e. The number of benzene rings is 1. The van der Waals surface area contributed by atoms with Gasteiger partial charge in [0.2, 0.25) is 17.7 Å². The molecule has 0 fully saturated rings. The molecule has 3 aromatic rings. The maximum atomic E-state index is 13.2. The van der Waals surface area contributed by atoms with Gasteiger partial charge in [-0.3, -0.25) is 9.59 Å². The van der Waals surface area contributed by atoms with Gasteiger partial charge in [0, 0.05) is 11.7 Å². The molecule has 28 heavy (non-hydrogen) atoms. The topological polar surface area (TPSA) is 89.4 Å². The Morgan fingerprint density at radius 3 is 2.79 bits per heavy atom. The van der Waals surface area contributed by atoms with Crippen LogP contribution in [0.2, 0.25) is 0 Å². The van der Waals surface area contributed by atoms with Crippen LogP contribution < -0.4 is 10.6 Å². The van der Waals surface area contributed by atoms with Crippen molar-refractivity contribution in [1.82, 2.24) is 4.98 Å². The molecule has 1 aliphatic heterocycles. The van der Waals surface area contributed by atoms with E-state index in [1.807, 2.05) is 55.6 Å². The number of amides is 2. The number of oxazole rings is 1. The first-order valence-corrected chi connectivity index (χ1v) is 10.0. The Morgan fingerprint density at radius 2 is 2.07 bits per heavy atom. The van der Waals surface area contributed by atoms with Crippen LogP contribution in [-0.4, -0.2) is 22.8 Å². The number of nitrogens with two attached hydrogens (primary N) is 1. The van der Waals surface area contributed by atoms with Gasteiger partial charge in [0.25, 0.3) is 0 Å². The molecule has 2 atom stereocenters. The number of primary amides is 1. The molecule has 4 rings (SSSR count). The van der Waals surface area contributed by atoms with Gasteiger partial charge in [-0.05, 0) is 43.3 Å². The summed E-state index contributed by atoms with van der Waals surface area (Å²) < 4.78 is 5.76. The number of carbonyl (C=O) groups excluding carboxylic acids is 2. The molecule has 3 heterocycles. The molecule has 1 aromatic carbocycles. The van der Waals surface area contributed by atoms with E-state index in [1.54, 1.807) is 16.2 Å². The number of rotatable bonds is 4. The molecule has 0 spiro atoms. The van der Waals surface area contributed by atoms with Gasteiger partial charge in [-0.15, -0.1) is 11.3 Å². The highest BCUT2D eigenvalue weighted by Crippen LogP contribution is 2.38. The first-order valence-electron chi connectivity index (χ1n) is 9.16. The highest BCUT2D eigenvalue weighted by Gasteiger charge is 2.36. The molecule has 0 aliphatic carbocycles. The molecular weight excluding hydrogens is 374 g/mol. The van der Waals surface area contributed by atoms with Crippen LogP contribution in [0.25, 0.3) is 10.8 Å². The highest BCUT2D eigenvalue weighted by atomic mass is 32.1. The summed E-state index contributed by atoms with van der Waals surface area (Å²) in [5, 5.41) is 1.96. The number of fused-ring (bicyclic) bond motifs is 1. The molecule has 0 saturated carbocycles. The second kappa shape index (κ2) is 7.24. The van der Waals surface area contributed by atoms with Gasteiger partial charge in [-0.1, -0.05) is 24.3 Å². The lowest BCUT2D eigenvalue weighted by Gasteiger charge is -2.38. The average molecular weight is 395 g/mol. The summed E-state index contributed by atoms with van der Waals surface area (Å²) in [5.74, 6) is 0.367. The van der Waals surface area contributed by atoms with Crippen molar-refractivity contribution in [2.75, 3.05) is 4.90 Å². The molecule has 2 N–H and O–H groups in total. The van der Waals surface area contributed by atoms with E-state index in [0.717, 1.165) is 16.1 Å². The Morgan fingerprint density at radius 1 is 1.29 bits per heavy atom. The number of aryl methyl sites for hydroxylation is 1. The van der Waals surface area contributed by atoms with Gasteiger partial charge in [0.05, 0.1) is 22.9 Å². The summed E-state index contributed by atoms with van der Waals surface area (Å²) in [4.78, 5) is 32.3. The molecule has 0 radical (unpaired) electrons. The Kier molecular flexibility index (Phi) is 4.77. The Balaban J connectivity index is 1.63. The minimum atomic E-state index is -0.380. The van der Waals surface area contributed by atoms with Crippen LogP contribution in [0.3, 0.4) is 0 Å². The number of carbonyl (C=O) groups is 2. The van der Waals surface area contributed by atoms with E-state index < -0.39 is 0 Å². The first-order chi connectivity index (χ1) is 13.5. The first kappa shape index (κ1) is 18.4. The molecule has 0 unspecified atom stereocenters. The van der Waals surface area contributed by atoms with E-state index in [-0.39, 0.29) is 30.2 Å². The predicted molar refractivity (Wildman–Crippen MR) is 108 cm³/mol. The van der Waals surface area contributed by atoms with Crippen LogP contribution in [0.5, 0.6) is 0 Å².